The molecule has 1 aliphatic rings. The molecule has 6 heteroatoms. The van der Waals surface area contributed by atoms with Crippen LogP contribution in [0.3, 0.4) is 0 Å². The molecule has 2 aromatic rings. The zero-order valence-electron chi connectivity index (χ0n) is 16.2. The van der Waals surface area contributed by atoms with E-state index in [4.69, 9.17) is 0 Å². The summed E-state index contributed by atoms with van der Waals surface area (Å²) in [5.41, 5.74) is 3.81. The van der Waals surface area contributed by atoms with Crippen LogP contribution in [-0.2, 0) is 6.54 Å². The Balaban J connectivity index is 1.89. The van der Waals surface area contributed by atoms with Crippen molar-refractivity contribution in [3.63, 3.8) is 0 Å². The van der Waals surface area contributed by atoms with Crippen molar-refractivity contribution in [2.45, 2.75) is 65.3 Å². The number of aromatic nitrogens is 2. The summed E-state index contributed by atoms with van der Waals surface area (Å²) in [6.07, 6.45) is 7.12. The van der Waals surface area contributed by atoms with E-state index in [0.717, 1.165) is 44.2 Å². The third-order valence-electron chi connectivity index (χ3n) is 5.12. The van der Waals surface area contributed by atoms with Gasteiger partial charge in [-0.15, -0.1) is 0 Å². The molecule has 27 heavy (non-hydrogen) atoms. The van der Waals surface area contributed by atoms with Crippen molar-refractivity contribution in [3.8, 4) is 0 Å². The van der Waals surface area contributed by atoms with Crippen molar-refractivity contribution in [1.82, 2.24) is 15.2 Å². The number of rotatable bonds is 6. The van der Waals surface area contributed by atoms with Crippen molar-refractivity contribution in [1.29, 1.82) is 0 Å². The summed E-state index contributed by atoms with van der Waals surface area (Å²) in [5, 5.41) is 9.80. The number of carbonyl (C=O) groups is 1. The molecule has 144 valence electrons. The zero-order valence-corrected chi connectivity index (χ0v) is 16.2. The number of hydrogen-bond donors (Lipinski definition) is 1. The molecule has 0 saturated heterocycles. The van der Waals surface area contributed by atoms with Crippen LogP contribution in [0.5, 0.6) is 0 Å². The normalized spacial score (nSPS) is 18.7. The number of nitrogens with one attached hydrogen (secondary N) is 1. The summed E-state index contributed by atoms with van der Waals surface area (Å²) < 4.78 is 1.42. The third-order valence-corrected chi connectivity index (χ3v) is 5.12. The molecule has 1 atom stereocenters. The van der Waals surface area contributed by atoms with Crippen LogP contribution in [0, 0.1) is 5.92 Å². The third kappa shape index (κ3) is 4.62. The second-order valence-electron chi connectivity index (χ2n) is 7.45. The lowest BCUT2D eigenvalue weighted by molar-refractivity contribution is 0.0949. The summed E-state index contributed by atoms with van der Waals surface area (Å²) >= 11 is 0. The molecule has 0 aliphatic heterocycles. The van der Waals surface area contributed by atoms with E-state index in [0.29, 0.717) is 23.2 Å². The van der Waals surface area contributed by atoms with E-state index in [1.807, 2.05) is 12.1 Å². The van der Waals surface area contributed by atoms with E-state index in [1.54, 1.807) is 12.1 Å². The monoisotopic (exact) mass is 368 g/mol. The Hall–Kier alpha value is -2.50. The molecule has 1 fully saturated rings. The number of fused-ring (bicyclic) bond motifs is 1. The van der Waals surface area contributed by atoms with Crippen LogP contribution in [0.4, 0.5) is 0 Å². The first-order chi connectivity index (χ1) is 13.1. The van der Waals surface area contributed by atoms with Gasteiger partial charge in [0.2, 0.25) is 0 Å². The maximum Gasteiger partial charge on any atom is 0.292 e. The molecule has 1 aliphatic carbocycles. The van der Waals surface area contributed by atoms with Crippen LogP contribution >= 0.6 is 0 Å². The highest BCUT2D eigenvalue weighted by Gasteiger charge is 2.18. The molecule has 3 rings (SSSR count). The molecule has 1 N–H and O–H groups in total. The minimum Gasteiger partial charge on any atom is -0.267 e. The van der Waals surface area contributed by atoms with Crippen LogP contribution in [0.1, 0.15) is 69.3 Å². The topological polar surface area (TPSA) is 76.3 Å². The molecule has 0 radical (unpaired) electrons. The molecule has 1 heterocycles. The van der Waals surface area contributed by atoms with Crippen molar-refractivity contribution in [2.24, 2.45) is 11.0 Å². The van der Waals surface area contributed by atoms with Gasteiger partial charge in [-0.2, -0.15) is 10.2 Å². The number of nitrogens with zero attached hydrogens (tertiary/aromatic N) is 3. The maximum atomic E-state index is 12.8. The average molecular weight is 368 g/mol. The number of hydrogen-bond acceptors (Lipinski definition) is 4. The molecular formula is C21H28N4O2. The number of unbranched alkanes of at least 4 members (excludes halogenated alkanes) is 2. The van der Waals surface area contributed by atoms with Crippen LogP contribution in [0.25, 0.3) is 10.8 Å². The SMILES string of the molecule is CCCCCn1nc(C(=O)N/N=C2/CCC[C@@H](C)C2)c2ccccc2c1=O. The zero-order chi connectivity index (χ0) is 19.2. The maximum absolute atomic E-state index is 12.8. The van der Waals surface area contributed by atoms with Gasteiger partial charge in [0.1, 0.15) is 0 Å². The fourth-order valence-corrected chi connectivity index (χ4v) is 3.61. The van der Waals surface area contributed by atoms with Crippen LogP contribution in [-0.4, -0.2) is 21.4 Å². The Morgan fingerprint density at radius 3 is 2.81 bits per heavy atom. The number of benzene rings is 1. The Bertz CT molecular complexity index is 901. The largest absolute Gasteiger partial charge is 0.292 e. The summed E-state index contributed by atoms with van der Waals surface area (Å²) in [6.45, 7) is 4.84. The fraction of sp³-hybridized carbons (Fsp3) is 0.524. The molecular weight excluding hydrogens is 340 g/mol. The van der Waals surface area contributed by atoms with Crippen molar-refractivity contribution in [3.05, 3.63) is 40.3 Å². The van der Waals surface area contributed by atoms with Crippen molar-refractivity contribution >= 4 is 22.4 Å². The number of carbonyl (C=O) groups excluding carboxylic acids is 1. The van der Waals surface area contributed by atoms with Gasteiger partial charge in [-0.25, -0.2) is 10.1 Å². The summed E-state index contributed by atoms with van der Waals surface area (Å²) in [6, 6.07) is 7.15. The van der Waals surface area contributed by atoms with Gasteiger partial charge in [0.25, 0.3) is 11.5 Å². The van der Waals surface area contributed by atoms with E-state index in [-0.39, 0.29) is 17.2 Å². The molecule has 0 spiro atoms. The van der Waals surface area contributed by atoms with Crippen LogP contribution < -0.4 is 11.0 Å². The Kier molecular flexibility index (Phi) is 6.37. The first-order valence-corrected chi connectivity index (χ1v) is 9.95. The highest BCUT2D eigenvalue weighted by molar-refractivity contribution is 6.05. The Morgan fingerprint density at radius 2 is 2.07 bits per heavy atom. The van der Waals surface area contributed by atoms with Gasteiger partial charge in [-0.3, -0.25) is 9.59 Å². The predicted octanol–water partition coefficient (Wildman–Crippen LogP) is 3.88. The highest BCUT2D eigenvalue weighted by atomic mass is 16.2. The molecule has 1 aromatic heterocycles. The smallest absolute Gasteiger partial charge is 0.267 e. The first kappa shape index (κ1) is 19.3. The second kappa shape index (κ2) is 8.93. The van der Waals surface area contributed by atoms with E-state index < -0.39 is 0 Å². The predicted molar refractivity (Wildman–Crippen MR) is 108 cm³/mol. The molecule has 1 amide bonds. The van der Waals surface area contributed by atoms with E-state index >= 15 is 0 Å². The number of aryl methyl sites for hydroxylation is 1. The van der Waals surface area contributed by atoms with E-state index in [9.17, 15) is 9.59 Å². The van der Waals surface area contributed by atoms with E-state index in [1.165, 1.54) is 11.1 Å². The molecule has 0 unspecified atom stereocenters. The lowest BCUT2D eigenvalue weighted by Crippen LogP contribution is -2.29. The second-order valence-corrected chi connectivity index (χ2v) is 7.45. The van der Waals surface area contributed by atoms with Gasteiger partial charge < -0.3 is 0 Å². The molecule has 0 bridgehead atoms. The molecule has 1 saturated carbocycles. The van der Waals surface area contributed by atoms with Crippen LogP contribution in [0.2, 0.25) is 0 Å². The van der Waals surface area contributed by atoms with Crippen LogP contribution in [0.15, 0.2) is 34.2 Å². The average Bonchev–Trinajstić information content (AvgIpc) is 2.68. The van der Waals surface area contributed by atoms with Gasteiger partial charge in [0, 0.05) is 17.6 Å². The Labute approximate surface area is 159 Å². The minimum absolute atomic E-state index is 0.148. The highest BCUT2D eigenvalue weighted by Crippen LogP contribution is 2.21. The lowest BCUT2D eigenvalue weighted by Gasteiger charge is -2.19. The molecule has 1 aromatic carbocycles. The van der Waals surface area contributed by atoms with E-state index in [2.05, 4.69) is 29.5 Å². The molecule has 6 nitrogen and oxygen atoms in total. The lowest BCUT2D eigenvalue weighted by atomic mass is 9.89. The summed E-state index contributed by atoms with van der Waals surface area (Å²) in [4.78, 5) is 25.5. The minimum atomic E-state index is -0.360. The van der Waals surface area contributed by atoms with Crippen molar-refractivity contribution < 1.29 is 4.79 Å². The van der Waals surface area contributed by atoms with Crippen molar-refractivity contribution in [2.75, 3.05) is 0 Å². The Morgan fingerprint density at radius 1 is 1.30 bits per heavy atom. The van der Waals surface area contributed by atoms with Gasteiger partial charge in [-0.05, 0) is 44.1 Å². The summed E-state index contributed by atoms with van der Waals surface area (Å²) in [5.74, 6) is 0.245. The quantitative estimate of drug-likeness (QED) is 0.621. The fourth-order valence-electron chi connectivity index (χ4n) is 3.61. The summed E-state index contributed by atoms with van der Waals surface area (Å²) in [7, 11) is 0. The first-order valence-electron chi connectivity index (χ1n) is 9.95. The number of amides is 1. The van der Waals surface area contributed by atoms with Gasteiger partial charge >= 0.3 is 0 Å². The number of hydrazone groups is 1. The standard InChI is InChI=1S/C21H28N4O2/c1-3-4-7-13-25-21(27)18-12-6-5-11-17(18)19(24-25)20(26)23-22-16-10-8-9-15(2)14-16/h5-6,11-12,15H,3-4,7-10,13-14H2,1-2H3,(H,23,26)/b22-16-/t15-/m1/s1. The van der Waals surface area contributed by atoms with Gasteiger partial charge in [0.15, 0.2) is 5.69 Å². The van der Waals surface area contributed by atoms with Gasteiger partial charge in [0.05, 0.1) is 5.39 Å². The van der Waals surface area contributed by atoms with Gasteiger partial charge in [-0.1, -0.05) is 44.9 Å².